The van der Waals surface area contributed by atoms with Crippen molar-refractivity contribution >= 4 is 0 Å². The van der Waals surface area contributed by atoms with E-state index in [-0.39, 0.29) is 17.7 Å². The Morgan fingerprint density at radius 3 is 2.22 bits per heavy atom. The lowest BCUT2D eigenvalue weighted by Crippen LogP contribution is -2.52. The van der Waals surface area contributed by atoms with Gasteiger partial charge in [-0.05, 0) is 64.8 Å². The average Bonchev–Trinajstić information content (AvgIpc) is 3.21. The maximum absolute atomic E-state index is 10.6. The zero-order chi connectivity index (χ0) is 19.5. The van der Waals surface area contributed by atoms with Crippen LogP contribution in [0.4, 0.5) is 0 Å². The number of hydrogen-bond acceptors (Lipinski definition) is 5. The molecule has 5 nitrogen and oxygen atoms in total. The number of aliphatic hydroxyl groups is 1. The predicted octanol–water partition coefficient (Wildman–Crippen LogP) is 4.25. The van der Waals surface area contributed by atoms with Crippen LogP contribution in [0.1, 0.15) is 46.3 Å². The van der Waals surface area contributed by atoms with Crippen molar-refractivity contribution in [2.24, 2.45) is 0 Å². The third-order valence-electron chi connectivity index (χ3n) is 5.43. The second-order valence-corrected chi connectivity index (χ2v) is 8.52. The molecule has 1 aromatic carbocycles. The number of furan rings is 1. The van der Waals surface area contributed by atoms with E-state index in [0.29, 0.717) is 24.7 Å². The highest BCUT2D eigenvalue weighted by molar-refractivity contribution is 5.39. The molecule has 1 fully saturated rings. The molecule has 1 aliphatic rings. The van der Waals surface area contributed by atoms with Gasteiger partial charge in [-0.3, -0.25) is 4.90 Å². The van der Waals surface area contributed by atoms with Crippen LogP contribution in [0.2, 0.25) is 0 Å². The lowest BCUT2D eigenvalue weighted by atomic mass is 10.0. The van der Waals surface area contributed by atoms with Gasteiger partial charge in [-0.15, -0.1) is 0 Å². The topological polar surface area (TPSA) is 55.1 Å². The highest BCUT2D eigenvalue weighted by atomic mass is 16.5. The Bertz CT molecular complexity index is 708. The standard InChI is InChI=1S/C22H31NO4/c1-21(2)11-12-22(3,4)23(21)14-17(24)15-26-19-9-5-6-10-20(19)27-16-18-8-7-13-25-18/h5-10,13,17,24H,11-12,14-16H2,1-4H3. The number of ether oxygens (including phenoxy) is 2. The fourth-order valence-corrected chi connectivity index (χ4v) is 3.88. The minimum atomic E-state index is -0.570. The molecule has 0 radical (unpaired) electrons. The summed E-state index contributed by atoms with van der Waals surface area (Å²) >= 11 is 0. The first-order chi connectivity index (χ1) is 12.8. The quantitative estimate of drug-likeness (QED) is 0.750. The molecule has 0 aliphatic carbocycles. The van der Waals surface area contributed by atoms with Gasteiger partial charge in [0.1, 0.15) is 25.1 Å². The van der Waals surface area contributed by atoms with Crippen LogP contribution in [0.15, 0.2) is 47.1 Å². The lowest BCUT2D eigenvalue weighted by Gasteiger charge is -2.41. The van der Waals surface area contributed by atoms with Crippen LogP contribution in [0, 0.1) is 0 Å². The van der Waals surface area contributed by atoms with E-state index in [1.807, 2.05) is 36.4 Å². The van der Waals surface area contributed by atoms with E-state index in [1.165, 1.54) is 0 Å². The van der Waals surface area contributed by atoms with Gasteiger partial charge in [0, 0.05) is 17.6 Å². The van der Waals surface area contributed by atoms with Gasteiger partial charge in [0.05, 0.1) is 6.26 Å². The Labute approximate surface area is 161 Å². The van der Waals surface area contributed by atoms with Crippen LogP contribution in [-0.4, -0.2) is 40.3 Å². The smallest absolute Gasteiger partial charge is 0.161 e. The lowest BCUT2D eigenvalue weighted by molar-refractivity contribution is 0.00485. The monoisotopic (exact) mass is 373 g/mol. The summed E-state index contributed by atoms with van der Waals surface area (Å²) in [6.45, 7) is 10.1. The molecule has 2 heterocycles. The number of rotatable bonds is 8. The highest BCUT2D eigenvalue weighted by Gasteiger charge is 2.44. The number of likely N-dealkylation sites (tertiary alicyclic amines) is 1. The van der Waals surface area contributed by atoms with Gasteiger partial charge in [-0.1, -0.05) is 12.1 Å². The van der Waals surface area contributed by atoms with Crippen LogP contribution in [0.25, 0.3) is 0 Å². The summed E-state index contributed by atoms with van der Waals surface area (Å²) in [5, 5.41) is 10.6. The summed E-state index contributed by atoms with van der Waals surface area (Å²) in [4.78, 5) is 2.40. The molecule has 0 amide bonds. The van der Waals surface area contributed by atoms with Crippen molar-refractivity contribution in [3.63, 3.8) is 0 Å². The summed E-state index contributed by atoms with van der Waals surface area (Å²) in [5.41, 5.74) is 0.184. The van der Waals surface area contributed by atoms with Crippen molar-refractivity contribution in [2.45, 2.75) is 64.3 Å². The molecule has 1 saturated heterocycles. The molecule has 1 aromatic heterocycles. The maximum Gasteiger partial charge on any atom is 0.161 e. The van der Waals surface area contributed by atoms with Crippen LogP contribution in [-0.2, 0) is 6.61 Å². The van der Waals surface area contributed by atoms with E-state index in [0.717, 1.165) is 18.6 Å². The van der Waals surface area contributed by atoms with Crippen molar-refractivity contribution in [1.82, 2.24) is 4.90 Å². The van der Waals surface area contributed by atoms with Gasteiger partial charge in [0.15, 0.2) is 11.5 Å². The van der Waals surface area contributed by atoms with E-state index < -0.39 is 6.10 Å². The number of aliphatic hydroxyl groups excluding tert-OH is 1. The van der Waals surface area contributed by atoms with Gasteiger partial charge in [-0.2, -0.15) is 0 Å². The summed E-state index contributed by atoms with van der Waals surface area (Å²) in [5.74, 6) is 2.02. The van der Waals surface area contributed by atoms with Crippen LogP contribution >= 0.6 is 0 Å². The highest BCUT2D eigenvalue weighted by Crippen LogP contribution is 2.40. The second-order valence-electron chi connectivity index (χ2n) is 8.52. The molecule has 1 unspecified atom stereocenters. The molecule has 27 heavy (non-hydrogen) atoms. The first-order valence-electron chi connectivity index (χ1n) is 9.61. The molecule has 1 aliphatic heterocycles. The molecule has 5 heteroatoms. The zero-order valence-electron chi connectivity index (χ0n) is 16.8. The molecule has 148 valence electrons. The number of para-hydroxylation sites is 2. The van der Waals surface area contributed by atoms with Crippen LogP contribution in [0.3, 0.4) is 0 Å². The molecule has 2 aromatic rings. The Morgan fingerprint density at radius 1 is 1.00 bits per heavy atom. The summed E-state index contributed by atoms with van der Waals surface area (Å²) < 4.78 is 17.0. The fourth-order valence-electron chi connectivity index (χ4n) is 3.88. The van der Waals surface area contributed by atoms with Crippen LogP contribution in [0.5, 0.6) is 11.5 Å². The fraction of sp³-hybridized carbons (Fsp3) is 0.545. The van der Waals surface area contributed by atoms with Gasteiger partial charge in [0.25, 0.3) is 0 Å². The van der Waals surface area contributed by atoms with Gasteiger partial charge >= 0.3 is 0 Å². The van der Waals surface area contributed by atoms with Gasteiger partial charge in [0.2, 0.25) is 0 Å². The van der Waals surface area contributed by atoms with Crippen molar-refractivity contribution in [3.8, 4) is 11.5 Å². The van der Waals surface area contributed by atoms with Gasteiger partial charge in [-0.25, -0.2) is 0 Å². The molecular formula is C22H31NO4. The minimum Gasteiger partial charge on any atom is -0.487 e. The zero-order valence-corrected chi connectivity index (χ0v) is 16.8. The van der Waals surface area contributed by atoms with Crippen molar-refractivity contribution in [1.29, 1.82) is 0 Å². The first-order valence-corrected chi connectivity index (χ1v) is 9.61. The molecule has 1 atom stereocenters. The summed E-state index contributed by atoms with van der Waals surface area (Å²) in [6, 6.07) is 11.2. The Kier molecular flexibility index (Phi) is 5.82. The predicted molar refractivity (Wildman–Crippen MR) is 105 cm³/mol. The Balaban J connectivity index is 1.56. The van der Waals surface area contributed by atoms with Crippen molar-refractivity contribution in [2.75, 3.05) is 13.2 Å². The number of hydrogen-bond donors (Lipinski definition) is 1. The molecule has 0 saturated carbocycles. The first kappa shape index (κ1) is 19.8. The normalized spacial score (nSPS) is 19.7. The average molecular weight is 373 g/mol. The SMILES string of the molecule is CC1(C)CCC(C)(C)N1CC(O)COc1ccccc1OCc1ccco1. The minimum absolute atomic E-state index is 0.0918. The van der Waals surface area contributed by atoms with E-state index in [9.17, 15) is 5.11 Å². The van der Waals surface area contributed by atoms with E-state index in [2.05, 4.69) is 32.6 Å². The van der Waals surface area contributed by atoms with Crippen molar-refractivity contribution < 1.29 is 19.0 Å². The second kappa shape index (κ2) is 7.95. The third kappa shape index (κ3) is 4.85. The van der Waals surface area contributed by atoms with E-state index >= 15 is 0 Å². The summed E-state index contributed by atoms with van der Waals surface area (Å²) in [7, 11) is 0. The molecule has 3 rings (SSSR count). The maximum atomic E-state index is 10.6. The molecule has 0 bridgehead atoms. The van der Waals surface area contributed by atoms with Crippen molar-refractivity contribution in [3.05, 3.63) is 48.4 Å². The number of nitrogens with zero attached hydrogens (tertiary/aromatic N) is 1. The molecule has 1 N–H and O–H groups in total. The van der Waals surface area contributed by atoms with E-state index in [1.54, 1.807) is 6.26 Å². The Morgan fingerprint density at radius 2 is 1.63 bits per heavy atom. The summed E-state index contributed by atoms with van der Waals surface area (Å²) in [6.07, 6.45) is 3.33. The van der Waals surface area contributed by atoms with E-state index in [4.69, 9.17) is 13.9 Å². The van der Waals surface area contributed by atoms with Gasteiger partial charge < -0.3 is 19.0 Å². The molecular weight excluding hydrogens is 342 g/mol. The molecule has 0 spiro atoms. The van der Waals surface area contributed by atoms with Crippen LogP contribution < -0.4 is 9.47 Å². The largest absolute Gasteiger partial charge is 0.487 e. The Hall–Kier alpha value is -1.98. The third-order valence-corrected chi connectivity index (χ3v) is 5.43. The number of benzene rings is 1. The number of β-amino-alcohol motifs (C(OH)–C–C–N with tert-alkyl or cyclic N) is 1.